The molecule has 0 saturated carbocycles. The van der Waals surface area contributed by atoms with E-state index < -0.39 is 7.75 Å². The molecule has 4 nitrogen and oxygen atoms in total. The molecule has 1 aliphatic heterocycles. The van der Waals surface area contributed by atoms with E-state index in [2.05, 4.69) is 13.8 Å². The summed E-state index contributed by atoms with van der Waals surface area (Å²) >= 11 is 0. The molecule has 1 rings (SSSR count). The molecule has 78 valence electrons. The van der Waals surface area contributed by atoms with E-state index in [-0.39, 0.29) is 6.10 Å². The Morgan fingerprint density at radius 2 is 2.23 bits per heavy atom. The molecule has 5 heteroatoms. The maximum atomic E-state index is 11.3. The lowest BCUT2D eigenvalue weighted by molar-refractivity contribution is 0.0199. The molecule has 0 bridgehead atoms. The Morgan fingerprint density at radius 1 is 1.54 bits per heavy atom. The van der Waals surface area contributed by atoms with E-state index in [1.807, 2.05) is 0 Å². The van der Waals surface area contributed by atoms with Gasteiger partial charge in [-0.2, -0.15) is 0 Å². The second-order valence-corrected chi connectivity index (χ2v) is 4.99. The van der Waals surface area contributed by atoms with Crippen molar-refractivity contribution in [3.8, 4) is 0 Å². The van der Waals surface area contributed by atoms with E-state index in [1.165, 1.54) is 0 Å². The first-order valence-electron chi connectivity index (χ1n) is 4.80. The molecular weight excluding hydrogens is 189 g/mol. The van der Waals surface area contributed by atoms with Gasteiger partial charge < -0.3 is 0 Å². The minimum atomic E-state index is -3.22. The first-order chi connectivity index (χ1) is 6.09. The van der Waals surface area contributed by atoms with Crippen molar-refractivity contribution >= 4 is 7.75 Å². The summed E-state index contributed by atoms with van der Waals surface area (Å²) < 4.78 is 21.5. The zero-order chi connectivity index (χ0) is 9.90. The van der Waals surface area contributed by atoms with Crippen LogP contribution in [-0.4, -0.2) is 12.7 Å². The monoisotopic (exact) mass is 207 g/mol. The van der Waals surface area contributed by atoms with Crippen LogP contribution in [0.3, 0.4) is 0 Å². The molecule has 1 heterocycles. The van der Waals surface area contributed by atoms with Gasteiger partial charge in [-0.3, -0.25) is 9.05 Å². The van der Waals surface area contributed by atoms with Gasteiger partial charge in [0.15, 0.2) is 0 Å². The molecule has 0 aromatic rings. The predicted octanol–water partition coefficient (Wildman–Crippen LogP) is 2.29. The van der Waals surface area contributed by atoms with Gasteiger partial charge in [-0.1, -0.05) is 20.3 Å². The van der Waals surface area contributed by atoms with Crippen LogP contribution < -0.4 is 5.50 Å². The van der Waals surface area contributed by atoms with Gasteiger partial charge in [-0.05, 0) is 12.8 Å². The van der Waals surface area contributed by atoms with Gasteiger partial charge in [-0.25, -0.2) is 10.1 Å². The SMILES string of the molecule is CCC[C@@H]1O[P@@](N)(=O)OC[C@@H]1CC. The van der Waals surface area contributed by atoms with Crippen molar-refractivity contribution in [3.05, 3.63) is 0 Å². The smallest absolute Gasteiger partial charge is 0.297 e. The molecule has 1 aliphatic rings. The van der Waals surface area contributed by atoms with Crippen molar-refractivity contribution < 1.29 is 13.6 Å². The summed E-state index contributed by atoms with van der Waals surface area (Å²) in [6.45, 7) is 4.62. The number of rotatable bonds is 3. The van der Waals surface area contributed by atoms with Crippen molar-refractivity contribution in [1.82, 2.24) is 0 Å². The van der Waals surface area contributed by atoms with E-state index in [1.54, 1.807) is 0 Å². The first kappa shape index (κ1) is 11.2. The summed E-state index contributed by atoms with van der Waals surface area (Å²) in [4.78, 5) is 0. The van der Waals surface area contributed by atoms with Crippen LogP contribution in [0.5, 0.6) is 0 Å². The fraction of sp³-hybridized carbons (Fsp3) is 1.00. The van der Waals surface area contributed by atoms with Gasteiger partial charge >= 0.3 is 7.75 Å². The highest BCUT2D eigenvalue weighted by Crippen LogP contribution is 2.47. The van der Waals surface area contributed by atoms with E-state index in [0.717, 1.165) is 19.3 Å². The predicted molar refractivity (Wildman–Crippen MR) is 51.3 cm³/mol. The fourth-order valence-electron chi connectivity index (χ4n) is 1.57. The van der Waals surface area contributed by atoms with Crippen molar-refractivity contribution in [2.24, 2.45) is 11.4 Å². The third-order valence-electron chi connectivity index (χ3n) is 2.37. The number of nitrogens with two attached hydrogens (primary N) is 1. The van der Waals surface area contributed by atoms with Crippen LogP contribution in [0.15, 0.2) is 0 Å². The summed E-state index contributed by atoms with van der Waals surface area (Å²) in [6.07, 6.45) is 2.91. The van der Waals surface area contributed by atoms with Gasteiger partial charge in [0.1, 0.15) is 0 Å². The molecule has 0 aromatic heterocycles. The van der Waals surface area contributed by atoms with Crippen LogP contribution >= 0.6 is 7.75 Å². The maximum absolute atomic E-state index is 11.3. The Bertz CT molecular complexity index is 210. The van der Waals surface area contributed by atoms with Crippen LogP contribution in [0.1, 0.15) is 33.1 Å². The largest absolute Gasteiger partial charge is 0.403 e. The molecule has 0 amide bonds. The highest BCUT2D eigenvalue weighted by atomic mass is 31.2. The van der Waals surface area contributed by atoms with Crippen molar-refractivity contribution in [2.45, 2.75) is 39.2 Å². The highest BCUT2D eigenvalue weighted by Gasteiger charge is 2.35. The van der Waals surface area contributed by atoms with Gasteiger partial charge in [-0.15, -0.1) is 0 Å². The third kappa shape index (κ3) is 3.06. The van der Waals surface area contributed by atoms with Gasteiger partial charge in [0, 0.05) is 5.92 Å². The Kier molecular flexibility index (Phi) is 3.92. The Labute approximate surface area is 79.4 Å². The van der Waals surface area contributed by atoms with Gasteiger partial charge in [0.2, 0.25) is 0 Å². The summed E-state index contributed by atoms with van der Waals surface area (Å²) in [7, 11) is -3.22. The molecule has 2 N–H and O–H groups in total. The summed E-state index contributed by atoms with van der Waals surface area (Å²) in [5.74, 6) is 0.338. The average molecular weight is 207 g/mol. The maximum Gasteiger partial charge on any atom is 0.403 e. The van der Waals surface area contributed by atoms with Gasteiger partial charge in [0.05, 0.1) is 12.7 Å². The zero-order valence-corrected chi connectivity index (χ0v) is 9.13. The lowest BCUT2D eigenvalue weighted by Gasteiger charge is -2.33. The molecular formula is C8H18NO3P. The van der Waals surface area contributed by atoms with E-state index in [9.17, 15) is 4.57 Å². The lowest BCUT2D eigenvalue weighted by atomic mass is 9.97. The molecule has 0 radical (unpaired) electrons. The van der Waals surface area contributed by atoms with Crippen LogP contribution in [0.4, 0.5) is 0 Å². The van der Waals surface area contributed by atoms with Gasteiger partial charge in [0.25, 0.3) is 0 Å². The van der Waals surface area contributed by atoms with E-state index in [4.69, 9.17) is 14.6 Å². The quantitative estimate of drug-likeness (QED) is 0.721. The average Bonchev–Trinajstić information content (AvgIpc) is 2.04. The minimum absolute atomic E-state index is 0.0135. The molecule has 0 aromatic carbocycles. The summed E-state index contributed by atoms with van der Waals surface area (Å²) in [5.41, 5.74) is 5.33. The molecule has 1 saturated heterocycles. The Morgan fingerprint density at radius 3 is 2.77 bits per heavy atom. The van der Waals surface area contributed by atoms with E-state index in [0.29, 0.717) is 12.5 Å². The van der Waals surface area contributed by atoms with E-state index >= 15 is 0 Å². The topological polar surface area (TPSA) is 61.5 Å². The molecule has 1 fully saturated rings. The molecule has 0 aliphatic carbocycles. The standard InChI is InChI=1S/C8H18NO3P/c1-3-5-8-7(4-2)6-11-13(9,10)12-8/h7-8H,3-6H2,1-2H3,(H2,9,10)/t7-,8-,13-/m0/s1. The molecule has 0 spiro atoms. The van der Waals surface area contributed by atoms with Crippen molar-refractivity contribution in [2.75, 3.05) is 6.61 Å². The Hall–Kier alpha value is 0.110. The summed E-state index contributed by atoms with van der Waals surface area (Å²) in [5, 5.41) is 0. The van der Waals surface area contributed by atoms with Crippen molar-refractivity contribution in [1.29, 1.82) is 0 Å². The van der Waals surface area contributed by atoms with Crippen LogP contribution in [0.25, 0.3) is 0 Å². The summed E-state index contributed by atoms with van der Waals surface area (Å²) in [6, 6.07) is 0. The fourth-order valence-corrected chi connectivity index (χ4v) is 2.68. The lowest BCUT2D eigenvalue weighted by Crippen LogP contribution is -2.33. The number of hydrogen-bond donors (Lipinski definition) is 1. The van der Waals surface area contributed by atoms with Crippen molar-refractivity contribution in [3.63, 3.8) is 0 Å². The second-order valence-electron chi connectivity index (χ2n) is 3.44. The first-order valence-corrected chi connectivity index (χ1v) is 6.41. The third-order valence-corrected chi connectivity index (χ3v) is 3.45. The zero-order valence-electron chi connectivity index (χ0n) is 8.23. The molecule has 3 atom stereocenters. The molecule has 13 heavy (non-hydrogen) atoms. The highest BCUT2D eigenvalue weighted by molar-refractivity contribution is 7.51. The Balaban J connectivity index is 2.57. The van der Waals surface area contributed by atoms with Crippen LogP contribution in [0.2, 0.25) is 0 Å². The van der Waals surface area contributed by atoms with Crippen LogP contribution in [-0.2, 0) is 13.6 Å². The number of hydrogen-bond acceptors (Lipinski definition) is 3. The second kappa shape index (κ2) is 4.56. The normalized spacial score (nSPS) is 40.5. The molecule has 0 unspecified atom stereocenters. The minimum Gasteiger partial charge on any atom is -0.297 e. The van der Waals surface area contributed by atoms with Crippen LogP contribution in [0, 0.1) is 5.92 Å².